The molecule has 0 amide bonds. The first-order valence-electron chi connectivity index (χ1n) is 10.7. The van der Waals surface area contributed by atoms with Crippen molar-refractivity contribution in [1.82, 2.24) is 0 Å². The van der Waals surface area contributed by atoms with Crippen molar-refractivity contribution < 1.29 is 4.74 Å². The van der Waals surface area contributed by atoms with Crippen LogP contribution in [-0.4, -0.2) is 13.2 Å². The predicted octanol–water partition coefficient (Wildman–Crippen LogP) is 7.48. The van der Waals surface area contributed by atoms with Gasteiger partial charge >= 0.3 is 0 Å². The Morgan fingerprint density at radius 1 is 0.679 bits per heavy atom. The number of nitrogens with one attached hydrogen (secondary N) is 1. The third-order valence-electron chi connectivity index (χ3n) is 4.88. The molecule has 0 saturated carbocycles. The normalized spacial score (nSPS) is 10.6. The van der Waals surface area contributed by atoms with E-state index in [9.17, 15) is 4.91 Å². The van der Waals surface area contributed by atoms with Crippen LogP contribution in [0.5, 0.6) is 5.75 Å². The Hall–Kier alpha value is -2.36. The van der Waals surface area contributed by atoms with E-state index < -0.39 is 0 Å². The van der Waals surface area contributed by atoms with Crippen LogP contribution in [0.1, 0.15) is 64.2 Å². The number of para-hydroxylation sites is 1. The van der Waals surface area contributed by atoms with Crippen molar-refractivity contribution >= 4 is 11.4 Å². The summed E-state index contributed by atoms with van der Waals surface area (Å²) in [6, 6.07) is 17.4. The van der Waals surface area contributed by atoms with Crippen molar-refractivity contribution in [3.63, 3.8) is 0 Å². The molecule has 4 nitrogen and oxygen atoms in total. The second kappa shape index (κ2) is 14.7. The van der Waals surface area contributed by atoms with Gasteiger partial charge in [0.2, 0.25) is 0 Å². The molecule has 0 aromatic heterocycles. The number of nitroso groups, excluding NO2 is 1. The lowest BCUT2D eigenvalue weighted by Crippen LogP contribution is -2.00. The summed E-state index contributed by atoms with van der Waals surface area (Å²) in [6.45, 7) is 1.81. The lowest BCUT2D eigenvalue weighted by Gasteiger charge is -2.07. The molecule has 28 heavy (non-hydrogen) atoms. The minimum absolute atomic E-state index is 0.441. The van der Waals surface area contributed by atoms with Crippen LogP contribution in [-0.2, 0) is 0 Å². The number of anilines is 1. The first kappa shape index (κ1) is 21.9. The number of ether oxygens (including phenoxy) is 1. The monoisotopic (exact) mass is 382 g/mol. The molecular formula is C24H34N2O2. The van der Waals surface area contributed by atoms with Gasteiger partial charge in [0.25, 0.3) is 0 Å². The smallest absolute Gasteiger partial charge is 0.119 e. The number of nitrogens with zero attached hydrogens (tertiary/aromatic N) is 1. The first-order chi connectivity index (χ1) is 13.9. The summed E-state index contributed by atoms with van der Waals surface area (Å²) in [6.07, 6.45) is 12.9. The molecule has 0 bridgehead atoms. The Balaban J connectivity index is 1.31. The molecule has 0 aliphatic heterocycles. The molecule has 0 radical (unpaired) electrons. The highest BCUT2D eigenvalue weighted by Crippen LogP contribution is 2.18. The molecule has 0 aliphatic rings. The lowest BCUT2D eigenvalue weighted by atomic mass is 10.1. The van der Waals surface area contributed by atoms with Gasteiger partial charge in [-0.15, -0.1) is 4.91 Å². The molecular weight excluding hydrogens is 348 g/mol. The Bertz CT molecular complexity index is 629. The van der Waals surface area contributed by atoms with E-state index in [4.69, 9.17) is 4.74 Å². The molecule has 152 valence electrons. The molecule has 0 unspecified atom stereocenters. The van der Waals surface area contributed by atoms with Crippen LogP contribution in [0.2, 0.25) is 0 Å². The van der Waals surface area contributed by atoms with Crippen molar-refractivity contribution in [2.75, 3.05) is 18.5 Å². The minimum atomic E-state index is 0.441. The largest absolute Gasteiger partial charge is 0.494 e. The summed E-state index contributed by atoms with van der Waals surface area (Å²) in [5, 5.41) is 6.35. The average molecular weight is 383 g/mol. The summed E-state index contributed by atoms with van der Waals surface area (Å²) >= 11 is 0. The van der Waals surface area contributed by atoms with E-state index in [-0.39, 0.29) is 0 Å². The standard InChI is InChI=1S/C24H34N2O2/c27-26-23-16-18-24(19-17-23)28-21-13-8-6-4-2-1-3-5-7-12-20-25-22-14-10-9-11-15-22/h9-11,14-19,25H,1-8,12-13,20-21H2. The van der Waals surface area contributed by atoms with Gasteiger partial charge in [0.05, 0.1) is 6.61 Å². The first-order valence-corrected chi connectivity index (χ1v) is 10.7. The van der Waals surface area contributed by atoms with Crippen LogP contribution in [0.4, 0.5) is 11.4 Å². The van der Waals surface area contributed by atoms with Crippen molar-refractivity contribution in [3.05, 3.63) is 59.5 Å². The molecule has 0 atom stereocenters. The Morgan fingerprint density at radius 2 is 1.25 bits per heavy atom. The summed E-state index contributed by atoms with van der Waals surface area (Å²) in [5.41, 5.74) is 1.66. The number of rotatable bonds is 16. The van der Waals surface area contributed by atoms with Gasteiger partial charge < -0.3 is 10.1 Å². The van der Waals surface area contributed by atoms with Gasteiger partial charge in [-0.05, 0) is 54.4 Å². The van der Waals surface area contributed by atoms with Crippen LogP contribution in [0.15, 0.2) is 59.8 Å². The Labute approximate surface area is 169 Å². The molecule has 0 fully saturated rings. The number of benzene rings is 2. The second-order valence-electron chi connectivity index (χ2n) is 7.26. The molecule has 0 heterocycles. The number of hydrogen-bond donors (Lipinski definition) is 1. The van der Waals surface area contributed by atoms with E-state index in [2.05, 4.69) is 34.8 Å². The second-order valence-corrected chi connectivity index (χ2v) is 7.26. The van der Waals surface area contributed by atoms with Gasteiger partial charge in [0, 0.05) is 12.2 Å². The van der Waals surface area contributed by atoms with E-state index in [0.29, 0.717) is 5.69 Å². The van der Waals surface area contributed by atoms with Gasteiger partial charge in [0.15, 0.2) is 0 Å². The van der Waals surface area contributed by atoms with E-state index in [1.807, 2.05) is 6.07 Å². The van der Waals surface area contributed by atoms with E-state index in [0.717, 1.165) is 25.3 Å². The molecule has 4 heteroatoms. The zero-order chi connectivity index (χ0) is 19.7. The van der Waals surface area contributed by atoms with Crippen LogP contribution < -0.4 is 10.1 Å². The molecule has 0 spiro atoms. The van der Waals surface area contributed by atoms with Gasteiger partial charge in [-0.25, -0.2) is 0 Å². The Kier molecular flexibility index (Phi) is 11.5. The highest BCUT2D eigenvalue weighted by Gasteiger charge is 1.97. The fourth-order valence-corrected chi connectivity index (χ4v) is 3.22. The summed E-state index contributed by atoms with van der Waals surface area (Å²) < 4.78 is 5.68. The topological polar surface area (TPSA) is 50.7 Å². The zero-order valence-electron chi connectivity index (χ0n) is 16.9. The predicted molar refractivity (Wildman–Crippen MR) is 118 cm³/mol. The van der Waals surface area contributed by atoms with Crippen molar-refractivity contribution in [2.24, 2.45) is 5.18 Å². The van der Waals surface area contributed by atoms with E-state index in [1.54, 1.807) is 24.3 Å². The van der Waals surface area contributed by atoms with Gasteiger partial charge in [0.1, 0.15) is 11.4 Å². The van der Waals surface area contributed by atoms with Gasteiger partial charge in [-0.2, -0.15) is 0 Å². The summed E-state index contributed by atoms with van der Waals surface area (Å²) in [4.78, 5) is 10.4. The molecule has 2 aromatic carbocycles. The SMILES string of the molecule is O=Nc1ccc(OCCCCCCCCCCCCNc2ccccc2)cc1. The maximum Gasteiger partial charge on any atom is 0.119 e. The van der Waals surface area contributed by atoms with Crippen molar-refractivity contribution in [3.8, 4) is 5.75 Å². The highest BCUT2D eigenvalue weighted by atomic mass is 16.5. The third kappa shape index (κ3) is 10.1. The summed E-state index contributed by atoms with van der Waals surface area (Å²) in [5.74, 6) is 0.811. The number of unbranched alkanes of at least 4 members (excludes halogenated alkanes) is 9. The molecule has 0 aliphatic carbocycles. The van der Waals surface area contributed by atoms with Crippen LogP contribution >= 0.6 is 0 Å². The maximum absolute atomic E-state index is 10.4. The van der Waals surface area contributed by atoms with Gasteiger partial charge in [-0.1, -0.05) is 69.6 Å². The van der Waals surface area contributed by atoms with Crippen molar-refractivity contribution in [1.29, 1.82) is 0 Å². The van der Waals surface area contributed by atoms with Crippen LogP contribution in [0.3, 0.4) is 0 Å². The highest BCUT2D eigenvalue weighted by molar-refractivity contribution is 5.42. The lowest BCUT2D eigenvalue weighted by molar-refractivity contribution is 0.304. The molecule has 2 rings (SSSR count). The Morgan fingerprint density at radius 3 is 1.86 bits per heavy atom. The van der Waals surface area contributed by atoms with Gasteiger partial charge in [-0.3, -0.25) is 0 Å². The molecule has 1 N–H and O–H groups in total. The van der Waals surface area contributed by atoms with E-state index in [1.165, 1.54) is 63.5 Å². The molecule has 0 saturated heterocycles. The maximum atomic E-state index is 10.4. The minimum Gasteiger partial charge on any atom is -0.494 e. The van der Waals surface area contributed by atoms with Crippen LogP contribution in [0, 0.1) is 4.91 Å². The van der Waals surface area contributed by atoms with Crippen LogP contribution in [0.25, 0.3) is 0 Å². The summed E-state index contributed by atoms with van der Waals surface area (Å²) in [7, 11) is 0. The van der Waals surface area contributed by atoms with Crippen molar-refractivity contribution in [2.45, 2.75) is 64.2 Å². The number of hydrogen-bond acceptors (Lipinski definition) is 4. The fraction of sp³-hybridized carbons (Fsp3) is 0.500. The fourth-order valence-electron chi connectivity index (χ4n) is 3.22. The quantitative estimate of drug-likeness (QED) is 0.242. The molecule has 2 aromatic rings. The third-order valence-corrected chi connectivity index (χ3v) is 4.88. The van der Waals surface area contributed by atoms with E-state index >= 15 is 0 Å². The zero-order valence-corrected chi connectivity index (χ0v) is 16.9. The average Bonchev–Trinajstić information content (AvgIpc) is 2.75.